The number of nitrogens with zero attached hydrogens (tertiary/aromatic N) is 2. The van der Waals surface area contributed by atoms with Gasteiger partial charge in [0, 0.05) is 44.6 Å². The van der Waals surface area contributed by atoms with Crippen molar-refractivity contribution in [1.29, 1.82) is 0 Å². The van der Waals surface area contributed by atoms with Gasteiger partial charge in [-0.3, -0.25) is 14.6 Å². The molecule has 2 heterocycles. The molecule has 2 N–H and O–H groups in total. The van der Waals surface area contributed by atoms with Crippen molar-refractivity contribution in [3.63, 3.8) is 0 Å². The Morgan fingerprint density at radius 1 is 1.28 bits per heavy atom. The van der Waals surface area contributed by atoms with Crippen molar-refractivity contribution >= 4 is 38.2 Å². The number of fused-ring (bicyclic) bond motifs is 1. The fourth-order valence-electron chi connectivity index (χ4n) is 3.53. The lowest BCUT2D eigenvalue weighted by atomic mass is 9.95. The van der Waals surface area contributed by atoms with Gasteiger partial charge in [-0.25, -0.2) is 8.42 Å². The van der Waals surface area contributed by atoms with E-state index in [4.69, 9.17) is 4.74 Å². The maximum absolute atomic E-state index is 12.9. The molecule has 1 aliphatic carbocycles. The number of methoxy groups -OCH3 is 1. The Labute approximate surface area is 192 Å². The molecule has 0 saturated carbocycles. The van der Waals surface area contributed by atoms with Crippen molar-refractivity contribution < 1.29 is 22.7 Å². The van der Waals surface area contributed by atoms with Crippen LogP contribution < -0.4 is 10.6 Å². The molecule has 0 radical (unpaired) electrons. The molecule has 0 aromatic carbocycles. The highest BCUT2D eigenvalue weighted by molar-refractivity contribution is 7.89. The maximum atomic E-state index is 12.9. The third-order valence-electron chi connectivity index (χ3n) is 5.17. The summed E-state index contributed by atoms with van der Waals surface area (Å²) in [5.74, 6) is -0.737. The van der Waals surface area contributed by atoms with E-state index < -0.39 is 15.9 Å². The number of amides is 2. The molecule has 3 rings (SSSR count). The normalized spacial score (nSPS) is 13.6. The molecule has 0 atom stereocenters. The van der Waals surface area contributed by atoms with Gasteiger partial charge in [0.25, 0.3) is 5.91 Å². The van der Waals surface area contributed by atoms with Gasteiger partial charge in [0.05, 0.1) is 12.1 Å². The van der Waals surface area contributed by atoms with Gasteiger partial charge in [0.15, 0.2) is 0 Å². The second-order valence-corrected chi connectivity index (χ2v) is 10.7. The summed E-state index contributed by atoms with van der Waals surface area (Å²) in [6.07, 6.45) is 7.10. The molecule has 2 amide bonds. The SMILES string of the molecule is COCCCNC(=O)c1c(NC(=O)CN(C)S(=O)(=O)c2cccnc2)sc2c1CCCC2. The van der Waals surface area contributed by atoms with Gasteiger partial charge in [-0.05, 0) is 49.8 Å². The van der Waals surface area contributed by atoms with Crippen molar-refractivity contribution in [2.75, 3.05) is 39.2 Å². The molecule has 2 aromatic heterocycles. The van der Waals surface area contributed by atoms with E-state index in [-0.39, 0.29) is 17.3 Å². The third kappa shape index (κ3) is 5.71. The van der Waals surface area contributed by atoms with Crippen molar-refractivity contribution in [2.45, 2.75) is 37.0 Å². The van der Waals surface area contributed by atoms with E-state index in [0.29, 0.717) is 30.1 Å². The van der Waals surface area contributed by atoms with Crippen LogP contribution in [0.3, 0.4) is 0 Å². The molecule has 0 unspecified atom stereocenters. The zero-order valence-corrected chi connectivity index (χ0v) is 19.9. The topological polar surface area (TPSA) is 118 Å². The van der Waals surface area contributed by atoms with Gasteiger partial charge in [-0.15, -0.1) is 11.3 Å². The first-order chi connectivity index (χ1) is 15.3. The Bertz CT molecular complexity index is 1050. The highest BCUT2D eigenvalue weighted by Crippen LogP contribution is 2.38. The number of carbonyl (C=O) groups is 2. The van der Waals surface area contributed by atoms with Crippen LogP contribution in [-0.2, 0) is 32.4 Å². The molecule has 0 spiro atoms. The van der Waals surface area contributed by atoms with E-state index in [2.05, 4.69) is 15.6 Å². The molecule has 9 nitrogen and oxygen atoms in total. The zero-order chi connectivity index (χ0) is 23.1. The van der Waals surface area contributed by atoms with Gasteiger partial charge < -0.3 is 15.4 Å². The number of ether oxygens (including phenoxy) is 1. The lowest BCUT2D eigenvalue weighted by Crippen LogP contribution is -2.35. The predicted molar refractivity (Wildman–Crippen MR) is 122 cm³/mol. The van der Waals surface area contributed by atoms with Crippen LogP contribution in [0.5, 0.6) is 0 Å². The van der Waals surface area contributed by atoms with Crippen molar-refractivity contribution in [1.82, 2.24) is 14.6 Å². The highest BCUT2D eigenvalue weighted by atomic mass is 32.2. The quantitative estimate of drug-likeness (QED) is 0.503. The van der Waals surface area contributed by atoms with Crippen LogP contribution in [0.1, 0.15) is 40.1 Å². The van der Waals surface area contributed by atoms with Gasteiger partial charge in [-0.2, -0.15) is 4.31 Å². The number of hydrogen-bond donors (Lipinski definition) is 2. The highest BCUT2D eigenvalue weighted by Gasteiger charge is 2.28. The Morgan fingerprint density at radius 3 is 2.78 bits per heavy atom. The minimum absolute atomic E-state index is 0.0120. The molecule has 2 aromatic rings. The summed E-state index contributed by atoms with van der Waals surface area (Å²) in [7, 11) is -0.905. The molecular formula is C21H28N4O5S2. The summed E-state index contributed by atoms with van der Waals surface area (Å²) in [4.78, 5) is 30.6. The van der Waals surface area contributed by atoms with E-state index in [0.717, 1.165) is 40.4 Å². The fourth-order valence-corrected chi connectivity index (χ4v) is 5.93. The van der Waals surface area contributed by atoms with Crippen LogP contribution in [0.4, 0.5) is 5.00 Å². The summed E-state index contributed by atoms with van der Waals surface area (Å²) in [6.45, 7) is 0.634. The number of aromatic nitrogens is 1. The molecule has 0 fully saturated rings. The van der Waals surface area contributed by atoms with Crippen molar-refractivity contribution in [3.05, 3.63) is 40.5 Å². The smallest absolute Gasteiger partial charge is 0.254 e. The number of rotatable bonds is 10. The molecule has 1 aliphatic rings. The molecule has 32 heavy (non-hydrogen) atoms. The molecular weight excluding hydrogens is 452 g/mol. The minimum Gasteiger partial charge on any atom is -0.385 e. The monoisotopic (exact) mass is 480 g/mol. The number of nitrogens with one attached hydrogen (secondary N) is 2. The fraction of sp³-hybridized carbons (Fsp3) is 0.476. The third-order valence-corrected chi connectivity index (χ3v) is 8.17. The van der Waals surface area contributed by atoms with E-state index in [1.807, 2.05) is 0 Å². The molecule has 0 bridgehead atoms. The van der Waals surface area contributed by atoms with E-state index in [1.54, 1.807) is 7.11 Å². The summed E-state index contributed by atoms with van der Waals surface area (Å²) < 4.78 is 31.3. The van der Waals surface area contributed by atoms with Crippen LogP contribution in [0, 0.1) is 0 Å². The number of thiophene rings is 1. The van der Waals surface area contributed by atoms with Crippen LogP contribution in [0.15, 0.2) is 29.4 Å². The number of aryl methyl sites for hydroxylation is 1. The largest absolute Gasteiger partial charge is 0.385 e. The maximum Gasteiger partial charge on any atom is 0.254 e. The predicted octanol–water partition coefficient (Wildman–Crippen LogP) is 2.05. The van der Waals surface area contributed by atoms with Crippen molar-refractivity contribution in [2.24, 2.45) is 0 Å². The number of sulfonamides is 1. The van der Waals surface area contributed by atoms with E-state index in [9.17, 15) is 18.0 Å². The average Bonchev–Trinajstić information content (AvgIpc) is 3.14. The van der Waals surface area contributed by atoms with Gasteiger partial charge in [0.2, 0.25) is 15.9 Å². The van der Waals surface area contributed by atoms with Gasteiger partial charge in [-0.1, -0.05) is 0 Å². The first kappa shape index (κ1) is 24.3. The minimum atomic E-state index is -3.85. The van der Waals surface area contributed by atoms with E-state index >= 15 is 0 Å². The standard InChI is InChI=1S/C21H28N4O5S2/c1-25(32(28,29)15-7-5-10-22-13-15)14-18(26)24-21-19(20(27)23-11-6-12-30-2)16-8-3-4-9-17(16)31-21/h5,7,10,13H,3-4,6,8-9,11-12,14H2,1-2H3,(H,23,27)(H,24,26). The summed E-state index contributed by atoms with van der Waals surface area (Å²) in [6, 6.07) is 2.95. The van der Waals surface area contributed by atoms with Crippen LogP contribution in [0.2, 0.25) is 0 Å². The number of likely N-dealkylation sites (N-methyl/N-ethyl adjacent to an activating group) is 1. The Kier molecular flexibility index (Phi) is 8.35. The molecule has 0 saturated heterocycles. The van der Waals surface area contributed by atoms with Gasteiger partial charge in [0.1, 0.15) is 9.90 Å². The number of hydrogen-bond acceptors (Lipinski definition) is 7. The lowest BCUT2D eigenvalue weighted by molar-refractivity contribution is -0.116. The summed E-state index contributed by atoms with van der Waals surface area (Å²) in [5, 5.41) is 6.14. The first-order valence-corrected chi connectivity index (χ1v) is 12.7. The Hall–Kier alpha value is -2.34. The second kappa shape index (κ2) is 11.0. The number of carbonyl (C=O) groups excluding carboxylic acids is 2. The molecule has 174 valence electrons. The van der Waals surface area contributed by atoms with Gasteiger partial charge >= 0.3 is 0 Å². The Balaban J connectivity index is 1.74. The summed E-state index contributed by atoms with van der Waals surface area (Å²) in [5.41, 5.74) is 1.48. The number of pyridine rings is 1. The lowest BCUT2D eigenvalue weighted by Gasteiger charge is -2.17. The van der Waals surface area contributed by atoms with Crippen molar-refractivity contribution in [3.8, 4) is 0 Å². The van der Waals surface area contributed by atoms with E-state index in [1.165, 1.54) is 42.9 Å². The van der Waals surface area contributed by atoms with Crippen LogP contribution in [-0.4, -0.2) is 63.4 Å². The van der Waals surface area contributed by atoms with Crippen LogP contribution in [0.25, 0.3) is 0 Å². The molecule has 11 heteroatoms. The molecule has 0 aliphatic heterocycles. The average molecular weight is 481 g/mol. The first-order valence-electron chi connectivity index (χ1n) is 10.4. The Morgan fingerprint density at radius 2 is 2.06 bits per heavy atom. The second-order valence-electron chi connectivity index (χ2n) is 7.52. The number of anilines is 1. The zero-order valence-electron chi connectivity index (χ0n) is 18.2. The summed E-state index contributed by atoms with van der Waals surface area (Å²) >= 11 is 1.40. The van der Waals surface area contributed by atoms with Crippen LogP contribution >= 0.6 is 11.3 Å².